The first-order chi connectivity index (χ1) is 19.7. The van der Waals surface area contributed by atoms with Crippen LogP contribution in [0.15, 0.2) is 69.6 Å². The van der Waals surface area contributed by atoms with Gasteiger partial charge in [-0.15, -0.1) is 0 Å². The van der Waals surface area contributed by atoms with Crippen LogP contribution >= 0.6 is 33.9 Å². The molecular formula is C31H30IN3O5S. The highest BCUT2D eigenvalue weighted by atomic mass is 127. The van der Waals surface area contributed by atoms with Crippen LogP contribution in [0.25, 0.3) is 11.8 Å². The van der Waals surface area contributed by atoms with Crippen molar-refractivity contribution in [3.05, 3.63) is 106 Å². The zero-order valence-corrected chi connectivity index (χ0v) is 26.6. The average Bonchev–Trinajstić information content (AvgIpc) is 3.41. The molecule has 0 fully saturated rings. The number of hydrogen-bond donors (Lipinski definition) is 0. The number of carbonyl (C=O) groups is 1. The molecule has 212 valence electrons. The van der Waals surface area contributed by atoms with Crippen molar-refractivity contribution >= 4 is 46.0 Å². The fraction of sp³-hybridized carbons (Fsp3) is 0.258. The molecule has 1 atom stereocenters. The number of nitrogens with zero attached hydrogens (tertiary/aromatic N) is 3. The van der Waals surface area contributed by atoms with Gasteiger partial charge in [0, 0.05) is 26.2 Å². The average molecular weight is 684 g/mol. The first kappa shape index (κ1) is 28.9. The van der Waals surface area contributed by atoms with E-state index in [-0.39, 0.29) is 17.7 Å². The Labute approximate surface area is 255 Å². The van der Waals surface area contributed by atoms with Gasteiger partial charge in [0.15, 0.2) is 4.80 Å². The second kappa shape index (κ2) is 11.7. The van der Waals surface area contributed by atoms with Crippen LogP contribution < -0.4 is 24.4 Å². The number of methoxy groups -OCH3 is 2. The Bertz CT molecular complexity index is 1860. The first-order valence-electron chi connectivity index (χ1n) is 13.0. The molecule has 0 spiro atoms. The third-order valence-electron chi connectivity index (χ3n) is 7.09. The van der Waals surface area contributed by atoms with Crippen molar-refractivity contribution in [1.29, 1.82) is 0 Å². The summed E-state index contributed by atoms with van der Waals surface area (Å²) in [6.45, 7) is 7.79. The zero-order chi connectivity index (χ0) is 29.4. The second-order valence-electron chi connectivity index (χ2n) is 9.55. The Morgan fingerprint density at radius 3 is 2.46 bits per heavy atom. The Morgan fingerprint density at radius 1 is 1.07 bits per heavy atom. The molecule has 1 aliphatic heterocycles. The predicted molar refractivity (Wildman–Crippen MR) is 168 cm³/mol. The molecule has 0 radical (unpaired) electrons. The predicted octanol–water partition coefficient (Wildman–Crippen LogP) is 4.83. The Balaban J connectivity index is 1.73. The maximum Gasteiger partial charge on any atom is 0.338 e. The van der Waals surface area contributed by atoms with E-state index in [4.69, 9.17) is 19.2 Å². The topological polar surface area (TPSA) is 84.1 Å². The Hall–Kier alpha value is -3.64. The summed E-state index contributed by atoms with van der Waals surface area (Å²) < 4.78 is 22.0. The van der Waals surface area contributed by atoms with Crippen LogP contribution in [0.3, 0.4) is 0 Å². The molecule has 0 amide bonds. The number of aryl methyl sites for hydroxylation is 1. The van der Waals surface area contributed by atoms with Crippen molar-refractivity contribution in [1.82, 2.24) is 9.13 Å². The molecule has 4 aromatic rings. The monoisotopic (exact) mass is 683 g/mol. The molecule has 0 bridgehead atoms. The molecule has 8 nitrogen and oxygen atoms in total. The van der Waals surface area contributed by atoms with Crippen molar-refractivity contribution in [3.63, 3.8) is 0 Å². The minimum absolute atomic E-state index is 0.193. The second-order valence-corrected chi connectivity index (χ2v) is 11.8. The number of hydrogen-bond acceptors (Lipinski definition) is 7. The molecule has 5 rings (SSSR count). The van der Waals surface area contributed by atoms with Crippen LogP contribution in [0.5, 0.6) is 11.5 Å². The lowest BCUT2D eigenvalue weighted by Gasteiger charge is -2.26. The third-order valence-corrected chi connectivity index (χ3v) is 8.79. The largest absolute Gasteiger partial charge is 0.497 e. The number of esters is 1. The van der Waals surface area contributed by atoms with E-state index >= 15 is 0 Å². The SMILES string of the molecule is CCOC(=O)C1=C(C)N=c2s/c(=C\c3cc(C)n(-c4ccc(I)cc4)c3C)c(=O)n2[C@H]1c1cc(OC)ccc1OC. The number of ether oxygens (including phenoxy) is 3. The molecule has 0 saturated carbocycles. The molecule has 0 N–H and O–H groups in total. The molecule has 2 aromatic carbocycles. The lowest BCUT2D eigenvalue weighted by atomic mass is 9.94. The maximum absolute atomic E-state index is 14.1. The molecule has 41 heavy (non-hydrogen) atoms. The van der Waals surface area contributed by atoms with E-state index in [0.29, 0.717) is 32.1 Å². The minimum atomic E-state index is -0.809. The van der Waals surface area contributed by atoms with Gasteiger partial charge in [-0.05, 0) is 110 Å². The van der Waals surface area contributed by atoms with Crippen LogP contribution in [0.4, 0.5) is 0 Å². The fourth-order valence-corrected chi connectivity index (χ4v) is 6.60. The third kappa shape index (κ3) is 5.26. The van der Waals surface area contributed by atoms with Crippen molar-refractivity contribution in [2.75, 3.05) is 20.8 Å². The number of carbonyl (C=O) groups excluding carboxylic acids is 1. The van der Waals surface area contributed by atoms with Gasteiger partial charge in [-0.3, -0.25) is 9.36 Å². The smallest absolute Gasteiger partial charge is 0.338 e. The lowest BCUT2D eigenvalue weighted by Crippen LogP contribution is -2.40. The highest BCUT2D eigenvalue weighted by molar-refractivity contribution is 14.1. The van der Waals surface area contributed by atoms with Gasteiger partial charge in [0.25, 0.3) is 5.56 Å². The summed E-state index contributed by atoms with van der Waals surface area (Å²) in [5.41, 5.74) is 5.19. The minimum Gasteiger partial charge on any atom is -0.497 e. The van der Waals surface area contributed by atoms with E-state index in [1.807, 2.05) is 19.9 Å². The van der Waals surface area contributed by atoms with Gasteiger partial charge in [-0.1, -0.05) is 11.3 Å². The highest BCUT2D eigenvalue weighted by Crippen LogP contribution is 2.37. The number of fused-ring (bicyclic) bond motifs is 1. The molecular weight excluding hydrogens is 653 g/mol. The Kier molecular flexibility index (Phi) is 8.23. The van der Waals surface area contributed by atoms with Gasteiger partial charge in [0.2, 0.25) is 0 Å². The van der Waals surface area contributed by atoms with Crippen molar-refractivity contribution in [3.8, 4) is 17.2 Å². The molecule has 0 unspecified atom stereocenters. The van der Waals surface area contributed by atoms with Crippen LogP contribution in [0.2, 0.25) is 0 Å². The quantitative estimate of drug-likeness (QED) is 0.206. The summed E-state index contributed by atoms with van der Waals surface area (Å²) in [7, 11) is 3.12. The summed E-state index contributed by atoms with van der Waals surface area (Å²) in [6, 6.07) is 14.9. The lowest BCUT2D eigenvalue weighted by molar-refractivity contribution is -0.139. The van der Waals surface area contributed by atoms with Crippen LogP contribution in [-0.2, 0) is 9.53 Å². The molecule has 10 heteroatoms. The summed E-state index contributed by atoms with van der Waals surface area (Å²) in [5.74, 6) is 0.561. The number of thiazole rings is 1. The number of aromatic nitrogens is 2. The standard InChI is InChI=1S/C31H30IN3O5S/c1-7-40-30(37)27-18(3)33-31-35(28(27)24-16-23(38-5)12-13-25(24)39-6)29(36)26(41-31)15-20-14-17(2)34(19(20)4)22-10-8-21(32)9-11-22/h8-16,28H,7H2,1-6H3/b26-15-/t28-/m0/s1. The molecule has 0 aliphatic carbocycles. The van der Waals surface area contributed by atoms with Crippen LogP contribution in [0.1, 0.15) is 42.4 Å². The van der Waals surface area contributed by atoms with E-state index in [1.54, 1.807) is 50.8 Å². The number of benzene rings is 2. The normalized spacial score (nSPS) is 15.0. The zero-order valence-electron chi connectivity index (χ0n) is 23.6. The first-order valence-corrected chi connectivity index (χ1v) is 14.9. The van der Waals surface area contributed by atoms with E-state index in [2.05, 4.69) is 57.5 Å². The highest BCUT2D eigenvalue weighted by Gasteiger charge is 2.35. The molecule has 2 aromatic heterocycles. The van der Waals surface area contributed by atoms with Gasteiger partial charge >= 0.3 is 5.97 Å². The van der Waals surface area contributed by atoms with E-state index in [9.17, 15) is 9.59 Å². The van der Waals surface area contributed by atoms with Gasteiger partial charge < -0.3 is 18.8 Å². The molecule has 3 heterocycles. The fourth-order valence-electron chi connectivity index (χ4n) is 5.20. The van der Waals surface area contributed by atoms with E-state index in [0.717, 1.165) is 26.2 Å². The van der Waals surface area contributed by atoms with Crippen LogP contribution in [0, 0.1) is 17.4 Å². The summed E-state index contributed by atoms with van der Waals surface area (Å²) in [5, 5.41) is 0. The number of rotatable bonds is 7. The van der Waals surface area contributed by atoms with E-state index < -0.39 is 12.0 Å². The van der Waals surface area contributed by atoms with Crippen molar-refractivity contribution in [2.45, 2.75) is 33.7 Å². The number of halogens is 1. The summed E-state index contributed by atoms with van der Waals surface area (Å²) in [6.07, 6.45) is 1.90. The van der Waals surface area contributed by atoms with Gasteiger partial charge in [0.1, 0.15) is 17.5 Å². The van der Waals surface area contributed by atoms with Crippen molar-refractivity contribution < 1.29 is 19.0 Å². The summed E-state index contributed by atoms with van der Waals surface area (Å²) in [4.78, 5) is 32.6. The van der Waals surface area contributed by atoms with E-state index in [1.165, 1.54) is 11.3 Å². The Morgan fingerprint density at radius 2 is 1.80 bits per heavy atom. The maximum atomic E-state index is 14.1. The number of allylic oxidation sites excluding steroid dienone is 1. The molecule has 1 aliphatic rings. The molecule has 0 saturated heterocycles. The van der Waals surface area contributed by atoms with Crippen molar-refractivity contribution in [2.24, 2.45) is 4.99 Å². The van der Waals surface area contributed by atoms with Crippen LogP contribution in [-0.4, -0.2) is 35.9 Å². The summed E-state index contributed by atoms with van der Waals surface area (Å²) >= 11 is 3.58. The van der Waals surface area contributed by atoms with Gasteiger partial charge in [0.05, 0.1) is 36.6 Å². The van der Waals surface area contributed by atoms with Gasteiger partial charge in [-0.25, -0.2) is 9.79 Å². The van der Waals surface area contributed by atoms with Gasteiger partial charge in [-0.2, -0.15) is 0 Å².